The summed E-state index contributed by atoms with van der Waals surface area (Å²) in [5.41, 5.74) is 25.0. The molecular weight excluding hydrogens is 1860 g/mol. The molecule has 0 aliphatic heterocycles. The second-order valence-electron chi connectivity index (χ2n) is 37.0. The molecular formula is C121H105N11O16. The topological polar surface area (TPSA) is 342 Å². The van der Waals surface area contributed by atoms with E-state index in [1.807, 2.05) is 245 Å². The molecule has 18 aromatic rings. The van der Waals surface area contributed by atoms with Crippen LogP contribution >= 0.6 is 0 Å². The Labute approximate surface area is 851 Å². The van der Waals surface area contributed by atoms with E-state index in [4.69, 9.17) is 19.4 Å². The summed E-state index contributed by atoms with van der Waals surface area (Å²) in [5, 5.41) is 73.6. The minimum atomic E-state index is -0.525. The number of oxime groups is 4. The van der Waals surface area contributed by atoms with Crippen molar-refractivity contribution in [3.63, 3.8) is 0 Å². The number of hydrogen-bond donors (Lipinski definition) is 0. The molecule has 3 aromatic heterocycles. The average Bonchev–Trinajstić information content (AvgIpc) is 1.55. The van der Waals surface area contributed by atoms with Gasteiger partial charge in [-0.3, -0.25) is 40.5 Å². The Morgan fingerprint density at radius 3 is 0.946 bits per heavy atom. The van der Waals surface area contributed by atoms with E-state index in [9.17, 15) is 59.6 Å². The van der Waals surface area contributed by atoms with E-state index >= 15 is 0 Å². The fourth-order valence-electron chi connectivity index (χ4n) is 19.5. The summed E-state index contributed by atoms with van der Waals surface area (Å²) in [7, 11) is 0. The maximum Gasteiger partial charge on any atom is 0.332 e. The Morgan fingerprint density at radius 2 is 0.615 bits per heavy atom. The molecule has 0 fully saturated rings. The molecule has 19 rings (SSSR count). The van der Waals surface area contributed by atoms with Crippen LogP contribution in [0.3, 0.4) is 0 Å². The Bertz CT molecular complexity index is 8790. The van der Waals surface area contributed by atoms with Crippen molar-refractivity contribution in [3.05, 3.63) is 452 Å². The Hall–Kier alpha value is -18.7. The van der Waals surface area contributed by atoms with Crippen LogP contribution in [0, 0.1) is 68.2 Å². The largest absolute Gasteiger partial charge is 0.336 e. The van der Waals surface area contributed by atoms with E-state index in [1.165, 1.54) is 44.4 Å². The van der Waals surface area contributed by atoms with Crippen molar-refractivity contribution in [1.29, 1.82) is 0 Å². The first-order valence-electron chi connectivity index (χ1n) is 47.8. The number of nitro groups is 4. The van der Waals surface area contributed by atoms with Crippen LogP contribution in [0.4, 0.5) is 22.7 Å². The lowest BCUT2D eigenvalue weighted by molar-refractivity contribution is -0.385. The number of hydrogen-bond acceptors (Lipinski definition) is 20. The van der Waals surface area contributed by atoms with Crippen molar-refractivity contribution in [2.24, 2.45) is 20.6 Å². The summed E-state index contributed by atoms with van der Waals surface area (Å²) >= 11 is 0. The van der Waals surface area contributed by atoms with Crippen molar-refractivity contribution in [2.45, 2.75) is 128 Å². The first kappa shape index (κ1) is 102. The van der Waals surface area contributed by atoms with Gasteiger partial charge in [-0.05, 0) is 193 Å². The zero-order valence-corrected chi connectivity index (χ0v) is 84.1. The van der Waals surface area contributed by atoms with E-state index in [0.717, 1.165) is 165 Å². The number of nitrogens with zero attached hydrogens (tertiary/aromatic N) is 11. The standard InChI is InChI=1S/C33H34N2O4.C31H27N3O4.C29H23N3O4.C28H21N3O4/c1-21(2)15-17-33(18-16-22(3)4)30-19-25(32(34-39-24(6)36)27-10-8-7-9-23(27)5)11-13-28(30)29-14-12-26(35(37)38)20-31(29)33;1-19(2)15-16-33-28-14-13-22(30(32-38-21(4)35)23-10-6-5-9-20(23)3)17-26(28)27-18-29(34(36)37)24-11-7-8-12-25(24)31(27)33;1-4-15-31-26-14-13-20(28(30-36-19(3)33)21-10-6-5-9-18(21)2)16-24(26)25-17-27(32(34)35)22-11-7-8-12-23(22)29(25)31;1-4-30-25-14-13-19(27(29-35-18(3)32)20-10-6-5-9-17(20)2)15-23(25)24-16-26(31(33)34)21-11-7-8-12-22(21)28(24)30/h7-16,19-20H,17-18H2,1-6H3;5-15,17-18H,16H2,1-4H3;4-14,16-17H,1,15H2,2-3H3;4-16H,1H2,2-3H3/b34-32+;32-30-;30-28-;29-27-. The van der Waals surface area contributed by atoms with Gasteiger partial charge in [-0.15, -0.1) is 6.58 Å². The summed E-state index contributed by atoms with van der Waals surface area (Å²) in [6.45, 7) is 34.5. The van der Waals surface area contributed by atoms with Crippen molar-refractivity contribution in [1.82, 2.24) is 13.7 Å². The molecule has 0 atom stereocenters. The second kappa shape index (κ2) is 43.7. The minimum Gasteiger partial charge on any atom is -0.336 e. The van der Waals surface area contributed by atoms with Crippen LogP contribution in [0.15, 0.2) is 354 Å². The number of fused-ring (bicyclic) bond motifs is 18. The number of benzene rings is 15. The molecule has 1 aliphatic carbocycles. The van der Waals surface area contributed by atoms with Gasteiger partial charge in [0.15, 0.2) is 0 Å². The van der Waals surface area contributed by atoms with Crippen LogP contribution in [0.5, 0.6) is 0 Å². The number of carbonyl (C=O) groups excluding carboxylic acids is 4. The zero-order chi connectivity index (χ0) is 105. The molecule has 0 N–H and O–H groups in total. The van der Waals surface area contributed by atoms with Gasteiger partial charge in [-0.25, -0.2) is 19.2 Å². The first-order chi connectivity index (χ1) is 71.1. The summed E-state index contributed by atoms with van der Waals surface area (Å²) in [6.07, 6.45) is 11.4. The van der Waals surface area contributed by atoms with Gasteiger partial charge in [0.25, 0.3) is 22.7 Å². The number of rotatable bonds is 25. The lowest BCUT2D eigenvalue weighted by Gasteiger charge is -2.31. The van der Waals surface area contributed by atoms with E-state index in [0.29, 0.717) is 70.5 Å². The Kier molecular flexibility index (Phi) is 30.2. The smallest absolute Gasteiger partial charge is 0.332 e. The third kappa shape index (κ3) is 20.7. The number of aryl methyl sites for hydroxylation is 4. The minimum absolute atomic E-state index is 0.0364. The maximum absolute atomic E-state index is 12.1. The highest BCUT2D eigenvalue weighted by Gasteiger charge is 2.44. The number of carbonyl (C=O) groups is 4. The molecule has 0 amide bonds. The van der Waals surface area contributed by atoms with Gasteiger partial charge in [0.05, 0.1) is 57.9 Å². The molecule has 0 bridgehead atoms. The summed E-state index contributed by atoms with van der Waals surface area (Å²) < 4.78 is 6.26. The molecule has 27 heteroatoms. The van der Waals surface area contributed by atoms with Crippen LogP contribution < -0.4 is 0 Å². The predicted molar refractivity (Wildman–Crippen MR) is 589 cm³/mol. The molecule has 0 radical (unpaired) electrons. The number of allylic oxidation sites excluding steroid dienone is 7. The van der Waals surface area contributed by atoms with Gasteiger partial charge in [-0.1, -0.05) is 250 Å². The second-order valence-corrected chi connectivity index (χ2v) is 37.0. The molecule has 15 aromatic carbocycles. The highest BCUT2D eigenvalue weighted by molar-refractivity contribution is 6.27. The fraction of sp³-hybridized carbons (Fsp3) is 0.157. The van der Waals surface area contributed by atoms with E-state index in [1.54, 1.807) is 66.9 Å². The van der Waals surface area contributed by atoms with E-state index in [2.05, 4.69) is 115 Å². The number of non-ortho nitro benzene ring substituents is 4. The van der Waals surface area contributed by atoms with Crippen molar-refractivity contribution >= 4 is 173 Å². The summed E-state index contributed by atoms with van der Waals surface area (Å²) in [6, 6.07) is 86.9. The van der Waals surface area contributed by atoms with Crippen LogP contribution in [-0.4, -0.2) is 80.1 Å². The molecule has 0 saturated carbocycles. The molecule has 0 saturated heterocycles. The molecule has 148 heavy (non-hydrogen) atoms. The number of nitro benzene ring substituents is 4. The van der Waals surface area contributed by atoms with Crippen LogP contribution in [0.25, 0.3) is 115 Å². The lowest BCUT2D eigenvalue weighted by Crippen LogP contribution is -2.25. The molecule has 1 aliphatic rings. The molecule has 0 unspecified atom stereocenters. The Morgan fingerprint density at radius 1 is 0.318 bits per heavy atom. The normalized spacial score (nSPS) is 12.1. The van der Waals surface area contributed by atoms with Crippen LogP contribution in [0.2, 0.25) is 0 Å². The van der Waals surface area contributed by atoms with Crippen molar-refractivity contribution in [2.75, 3.05) is 0 Å². The van der Waals surface area contributed by atoms with Crippen LogP contribution in [0.1, 0.15) is 160 Å². The molecule has 3 heterocycles. The highest BCUT2D eigenvalue weighted by Crippen LogP contribution is 2.55. The highest BCUT2D eigenvalue weighted by atomic mass is 16.7. The summed E-state index contributed by atoms with van der Waals surface area (Å²) in [4.78, 5) is 113. The SMILES string of the molecule is C=CCn1c2ccc(/C(=N/OC(C)=O)c3ccccc3C)cc2c2cc([N+](=O)[O-])c3ccccc3c21.C=Cn1c2ccc(/C(=N/OC(C)=O)c3ccccc3C)cc2c2cc([N+](=O)[O-])c3ccccc3c21.CC(=O)O/N=C(/c1ccc2c(c1)c1cc([N+](=O)[O-])c3ccccc3c1n2CC=C(C)C)c1ccccc1C.CC(=O)O/N=C(\c1ccc2c(c1)C(CC=C(C)C)(CC=C(C)C)c1cc([N+](=O)[O-])ccc1-2)c1ccccc1C. The Balaban J connectivity index is 0.000000141. The first-order valence-corrected chi connectivity index (χ1v) is 47.8. The molecule has 27 nitrogen and oxygen atoms in total. The average molecular weight is 1970 g/mol. The van der Waals surface area contributed by atoms with Crippen molar-refractivity contribution < 1.29 is 58.2 Å². The monoisotopic (exact) mass is 1970 g/mol. The number of aromatic nitrogens is 3. The van der Waals surface area contributed by atoms with Gasteiger partial charge >= 0.3 is 23.9 Å². The third-order valence-corrected chi connectivity index (χ3v) is 26.3. The molecule has 0 spiro atoms. The molecule has 740 valence electrons. The van der Waals surface area contributed by atoms with Gasteiger partial charge in [0.2, 0.25) is 0 Å². The van der Waals surface area contributed by atoms with Gasteiger partial charge in [-0.2, -0.15) is 0 Å². The fourth-order valence-corrected chi connectivity index (χ4v) is 19.5. The van der Waals surface area contributed by atoms with Gasteiger partial charge in [0.1, 0.15) is 22.8 Å². The lowest BCUT2D eigenvalue weighted by atomic mass is 9.71. The quantitative estimate of drug-likeness (QED) is 0.0169. The van der Waals surface area contributed by atoms with Gasteiger partial charge in [0, 0.05) is 187 Å². The van der Waals surface area contributed by atoms with E-state index < -0.39 is 29.3 Å². The van der Waals surface area contributed by atoms with E-state index in [-0.39, 0.29) is 42.4 Å². The van der Waals surface area contributed by atoms with Crippen molar-refractivity contribution in [3.8, 4) is 11.1 Å². The third-order valence-electron chi connectivity index (χ3n) is 26.3. The predicted octanol–water partition coefficient (Wildman–Crippen LogP) is 28.9. The maximum atomic E-state index is 12.1. The van der Waals surface area contributed by atoms with Crippen LogP contribution in [-0.2, 0) is 57.0 Å². The summed E-state index contributed by atoms with van der Waals surface area (Å²) in [5.74, 6) is -2.06. The van der Waals surface area contributed by atoms with Gasteiger partial charge < -0.3 is 33.1 Å². The zero-order valence-electron chi connectivity index (χ0n) is 84.1.